The van der Waals surface area contributed by atoms with Gasteiger partial charge in [-0.15, -0.1) is 0 Å². The van der Waals surface area contributed by atoms with E-state index in [4.69, 9.17) is 16.7 Å². The second-order valence-corrected chi connectivity index (χ2v) is 4.00. The number of aryl methyl sites for hydroxylation is 1. The maximum atomic E-state index is 5.16. The van der Waals surface area contributed by atoms with E-state index in [0.29, 0.717) is 4.77 Å². The number of H-pyrrole nitrogens is 1. The first-order chi connectivity index (χ1) is 7.11. The molecule has 2 rings (SSSR count). The summed E-state index contributed by atoms with van der Waals surface area (Å²) in [5.41, 5.74) is 0.871. The van der Waals surface area contributed by atoms with E-state index in [-0.39, 0.29) is 6.04 Å². The molecule has 2 heterocycles. The van der Waals surface area contributed by atoms with Crippen molar-refractivity contribution in [2.45, 2.75) is 26.8 Å². The zero-order valence-electron chi connectivity index (χ0n) is 8.81. The van der Waals surface area contributed by atoms with Gasteiger partial charge in [-0.1, -0.05) is 5.16 Å². The van der Waals surface area contributed by atoms with Crippen LogP contribution in [0.15, 0.2) is 10.7 Å². The van der Waals surface area contributed by atoms with Crippen LogP contribution >= 0.6 is 12.2 Å². The van der Waals surface area contributed by atoms with Gasteiger partial charge in [0, 0.05) is 6.04 Å². The molecular weight excluding hydrogens is 212 g/mol. The predicted molar refractivity (Wildman–Crippen MR) is 58.0 cm³/mol. The first kappa shape index (κ1) is 10.1. The van der Waals surface area contributed by atoms with E-state index >= 15 is 0 Å². The molecule has 0 bridgehead atoms. The molecule has 0 saturated heterocycles. The summed E-state index contributed by atoms with van der Waals surface area (Å²) in [4.78, 5) is 0. The summed E-state index contributed by atoms with van der Waals surface area (Å²) in [6.45, 7) is 5.96. The number of rotatable bonds is 2. The van der Waals surface area contributed by atoms with E-state index < -0.39 is 0 Å². The number of aromatic nitrogens is 4. The number of hydrogen-bond acceptors (Lipinski definition) is 4. The smallest absolute Gasteiger partial charge is 0.195 e. The number of aromatic amines is 1. The molecule has 0 aromatic carbocycles. The van der Waals surface area contributed by atoms with Crippen LogP contribution in [0.2, 0.25) is 0 Å². The van der Waals surface area contributed by atoms with Crippen LogP contribution in [-0.2, 0) is 0 Å². The minimum Gasteiger partial charge on any atom is -0.361 e. The van der Waals surface area contributed by atoms with Crippen LogP contribution < -0.4 is 0 Å². The highest BCUT2D eigenvalue weighted by atomic mass is 32.1. The van der Waals surface area contributed by atoms with Crippen LogP contribution in [0.4, 0.5) is 0 Å². The molecule has 6 heteroatoms. The highest BCUT2D eigenvalue weighted by Crippen LogP contribution is 2.23. The summed E-state index contributed by atoms with van der Waals surface area (Å²) in [5, 5.41) is 10.7. The van der Waals surface area contributed by atoms with Crippen molar-refractivity contribution in [1.82, 2.24) is 19.9 Å². The van der Waals surface area contributed by atoms with E-state index in [9.17, 15) is 0 Å². The van der Waals surface area contributed by atoms with Gasteiger partial charge in [0.2, 0.25) is 0 Å². The lowest BCUT2D eigenvalue weighted by atomic mass is 10.2. The van der Waals surface area contributed by atoms with Gasteiger partial charge in [0.05, 0.1) is 11.8 Å². The standard InChI is InChI=1S/C9H12N4OS/c1-5(2)13-8(11-12-9(13)15)7-4-10-14-6(7)3/h4-5H,1-3H3,(H,12,15). The Labute approximate surface area is 92.1 Å². The molecule has 0 aliphatic heterocycles. The molecule has 0 fully saturated rings. The van der Waals surface area contributed by atoms with Gasteiger partial charge in [0.25, 0.3) is 0 Å². The third-order valence-electron chi connectivity index (χ3n) is 2.21. The van der Waals surface area contributed by atoms with Crippen LogP contribution in [0.1, 0.15) is 25.6 Å². The Morgan fingerprint density at radius 2 is 2.27 bits per heavy atom. The van der Waals surface area contributed by atoms with Gasteiger partial charge in [-0.2, -0.15) is 5.10 Å². The molecule has 0 atom stereocenters. The number of nitrogens with one attached hydrogen (secondary N) is 1. The molecule has 0 aliphatic rings. The molecule has 0 unspecified atom stereocenters. The largest absolute Gasteiger partial charge is 0.361 e. The Morgan fingerprint density at radius 1 is 1.53 bits per heavy atom. The lowest BCUT2D eigenvalue weighted by molar-refractivity contribution is 0.397. The summed E-state index contributed by atoms with van der Waals surface area (Å²) in [6, 6.07) is 0.251. The highest BCUT2D eigenvalue weighted by Gasteiger charge is 2.15. The Morgan fingerprint density at radius 3 is 2.80 bits per heavy atom. The van der Waals surface area contributed by atoms with Crippen molar-refractivity contribution in [2.75, 3.05) is 0 Å². The first-order valence-electron chi connectivity index (χ1n) is 4.70. The normalized spacial score (nSPS) is 11.2. The summed E-state index contributed by atoms with van der Waals surface area (Å²) < 4.78 is 7.56. The fourth-order valence-corrected chi connectivity index (χ4v) is 1.83. The molecule has 2 aromatic rings. The molecule has 5 nitrogen and oxygen atoms in total. The van der Waals surface area contributed by atoms with Crippen LogP contribution in [0.5, 0.6) is 0 Å². The van der Waals surface area contributed by atoms with Crippen molar-refractivity contribution < 1.29 is 4.52 Å². The van der Waals surface area contributed by atoms with Crippen LogP contribution in [-0.4, -0.2) is 19.9 Å². The third kappa shape index (κ3) is 1.61. The van der Waals surface area contributed by atoms with Crippen LogP contribution in [0.3, 0.4) is 0 Å². The quantitative estimate of drug-likeness (QED) is 0.796. The van der Waals surface area contributed by atoms with E-state index in [1.807, 2.05) is 11.5 Å². The first-order valence-corrected chi connectivity index (χ1v) is 5.10. The van der Waals surface area contributed by atoms with Gasteiger partial charge in [-0.25, -0.2) is 0 Å². The SMILES string of the molecule is Cc1oncc1-c1n[nH]c(=S)n1C(C)C. The summed E-state index contributed by atoms with van der Waals surface area (Å²) >= 11 is 5.16. The van der Waals surface area contributed by atoms with Crippen molar-refractivity contribution in [3.63, 3.8) is 0 Å². The summed E-state index contributed by atoms with van der Waals surface area (Å²) in [7, 11) is 0. The molecule has 2 aromatic heterocycles. The average molecular weight is 224 g/mol. The van der Waals surface area contributed by atoms with Gasteiger partial charge < -0.3 is 4.52 Å². The van der Waals surface area contributed by atoms with Crippen molar-refractivity contribution >= 4 is 12.2 Å². The molecule has 0 radical (unpaired) electrons. The number of hydrogen-bond donors (Lipinski definition) is 1. The van der Waals surface area contributed by atoms with E-state index in [1.165, 1.54) is 0 Å². The van der Waals surface area contributed by atoms with Crippen molar-refractivity contribution in [2.24, 2.45) is 0 Å². The molecular formula is C9H12N4OS. The molecule has 0 aliphatic carbocycles. The Balaban J connectivity index is 2.64. The predicted octanol–water partition coefficient (Wildman–Crippen LogP) is 2.49. The van der Waals surface area contributed by atoms with Crippen molar-refractivity contribution in [3.05, 3.63) is 16.7 Å². The molecule has 0 saturated carbocycles. The van der Waals surface area contributed by atoms with E-state index in [2.05, 4.69) is 29.2 Å². The summed E-state index contributed by atoms with van der Waals surface area (Å²) in [5.74, 6) is 1.51. The fraction of sp³-hybridized carbons (Fsp3) is 0.444. The minimum absolute atomic E-state index is 0.251. The van der Waals surface area contributed by atoms with Crippen molar-refractivity contribution in [1.29, 1.82) is 0 Å². The molecule has 80 valence electrons. The van der Waals surface area contributed by atoms with Gasteiger partial charge >= 0.3 is 0 Å². The van der Waals surface area contributed by atoms with Crippen molar-refractivity contribution in [3.8, 4) is 11.4 Å². The zero-order valence-corrected chi connectivity index (χ0v) is 9.63. The third-order valence-corrected chi connectivity index (χ3v) is 2.50. The average Bonchev–Trinajstić information content (AvgIpc) is 2.71. The summed E-state index contributed by atoms with van der Waals surface area (Å²) in [6.07, 6.45) is 1.65. The van der Waals surface area contributed by atoms with Gasteiger partial charge in [-0.05, 0) is 33.0 Å². The molecule has 0 amide bonds. The monoisotopic (exact) mass is 224 g/mol. The second-order valence-electron chi connectivity index (χ2n) is 3.61. The van der Waals surface area contributed by atoms with Gasteiger partial charge in [0.1, 0.15) is 5.76 Å². The molecule has 1 N–H and O–H groups in total. The topological polar surface area (TPSA) is 59.6 Å². The van der Waals surface area contributed by atoms with Crippen LogP contribution in [0.25, 0.3) is 11.4 Å². The molecule has 0 spiro atoms. The fourth-order valence-electron chi connectivity index (χ4n) is 1.49. The maximum Gasteiger partial charge on any atom is 0.195 e. The van der Waals surface area contributed by atoms with Gasteiger partial charge in [0.15, 0.2) is 10.6 Å². The minimum atomic E-state index is 0.251. The Hall–Kier alpha value is -1.43. The lowest BCUT2D eigenvalue weighted by Gasteiger charge is -2.08. The zero-order chi connectivity index (χ0) is 11.0. The lowest BCUT2D eigenvalue weighted by Crippen LogP contribution is -2.03. The Bertz CT molecular complexity index is 522. The van der Waals surface area contributed by atoms with Gasteiger partial charge in [-0.3, -0.25) is 9.67 Å². The molecule has 15 heavy (non-hydrogen) atoms. The second kappa shape index (κ2) is 3.62. The van der Waals surface area contributed by atoms with Crippen LogP contribution in [0, 0.1) is 11.7 Å². The maximum absolute atomic E-state index is 5.16. The van der Waals surface area contributed by atoms with E-state index in [0.717, 1.165) is 17.1 Å². The van der Waals surface area contributed by atoms with E-state index in [1.54, 1.807) is 6.20 Å². The highest BCUT2D eigenvalue weighted by molar-refractivity contribution is 7.71. The number of nitrogens with zero attached hydrogens (tertiary/aromatic N) is 3. The Kier molecular flexibility index (Phi) is 2.44.